The third-order valence-corrected chi connectivity index (χ3v) is 2.91. The molecule has 21 heavy (non-hydrogen) atoms. The predicted octanol–water partition coefficient (Wildman–Crippen LogP) is 1.73. The molecule has 0 aliphatic heterocycles. The SMILES string of the molecule is CC(C)c1noc(CCCNc2ccnc(C(N)=O)c2)n1. The molecular weight excluding hydrogens is 270 g/mol. The molecule has 7 nitrogen and oxygen atoms in total. The van der Waals surface area contributed by atoms with E-state index < -0.39 is 5.91 Å². The zero-order valence-corrected chi connectivity index (χ0v) is 12.2. The summed E-state index contributed by atoms with van der Waals surface area (Å²) in [6.45, 7) is 4.77. The van der Waals surface area contributed by atoms with Gasteiger partial charge in [-0.25, -0.2) is 0 Å². The summed E-state index contributed by atoms with van der Waals surface area (Å²) >= 11 is 0. The summed E-state index contributed by atoms with van der Waals surface area (Å²) in [5.41, 5.74) is 6.24. The first-order chi connectivity index (χ1) is 10.1. The van der Waals surface area contributed by atoms with Crippen LogP contribution in [0.3, 0.4) is 0 Å². The molecule has 0 unspecified atom stereocenters. The highest BCUT2D eigenvalue weighted by Gasteiger charge is 2.09. The number of nitrogens with zero attached hydrogens (tertiary/aromatic N) is 3. The van der Waals surface area contributed by atoms with Crippen LogP contribution in [0.1, 0.15) is 48.4 Å². The number of pyridine rings is 1. The van der Waals surface area contributed by atoms with Crippen LogP contribution in [0.4, 0.5) is 5.69 Å². The molecule has 0 aromatic carbocycles. The minimum absolute atomic E-state index is 0.249. The molecule has 0 saturated heterocycles. The molecular formula is C14H19N5O2. The zero-order chi connectivity index (χ0) is 15.2. The molecule has 0 aliphatic carbocycles. The number of carbonyl (C=O) groups excluding carboxylic acids is 1. The number of rotatable bonds is 7. The molecule has 0 fully saturated rings. The van der Waals surface area contributed by atoms with Crippen LogP contribution >= 0.6 is 0 Å². The van der Waals surface area contributed by atoms with Crippen molar-refractivity contribution in [3.63, 3.8) is 0 Å². The third-order valence-electron chi connectivity index (χ3n) is 2.91. The Bertz CT molecular complexity index is 609. The van der Waals surface area contributed by atoms with Crippen LogP contribution in [0, 0.1) is 0 Å². The lowest BCUT2D eigenvalue weighted by Gasteiger charge is -2.05. The molecule has 0 aliphatic rings. The summed E-state index contributed by atoms with van der Waals surface area (Å²) in [5.74, 6) is 1.11. The molecule has 2 rings (SSSR count). The molecule has 0 spiro atoms. The van der Waals surface area contributed by atoms with Crippen molar-refractivity contribution < 1.29 is 9.32 Å². The topological polar surface area (TPSA) is 107 Å². The first kappa shape index (κ1) is 15.0. The Morgan fingerprint density at radius 3 is 2.95 bits per heavy atom. The highest BCUT2D eigenvalue weighted by molar-refractivity contribution is 5.91. The lowest BCUT2D eigenvalue weighted by Crippen LogP contribution is -2.13. The van der Waals surface area contributed by atoms with E-state index in [0.29, 0.717) is 12.3 Å². The van der Waals surface area contributed by atoms with Gasteiger partial charge in [-0.2, -0.15) is 4.98 Å². The summed E-state index contributed by atoms with van der Waals surface area (Å²) in [7, 11) is 0. The first-order valence-electron chi connectivity index (χ1n) is 6.88. The molecule has 2 aromatic rings. The Morgan fingerprint density at radius 1 is 1.48 bits per heavy atom. The Morgan fingerprint density at radius 2 is 2.29 bits per heavy atom. The second kappa shape index (κ2) is 6.83. The summed E-state index contributed by atoms with van der Waals surface area (Å²) in [5, 5.41) is 7.12. The van der Waals surface area contributed by atoms with E-state index in [1.54, 1.807) is 18.3 Å². The molecule has 1 amide bonds. The highest BCUT2D eigenvalue weighted by Crippen LogP contribution is 2.11. The van der Waals surface area contributed by atoms with Crippen LogP contribution in [0.15, 0.2) is 22.9 Å². The minimum Gasteiger partial charge on any atom is -0.385 e. The maximum Gasteiger partial charge on any atom is 0.267 e. The van der Waals surface area contributed by atoms with E-state index in [1.807, 2.05) is 13.8 Å². The van der Waals surface area contributed by atoms with Crippen LogP contribution in [0.2, 0.25) is 0 Å². The molecule has 2 heterocycles. The van der Waals surface area contributed by atoms with Gasteiger partial charge in [0.25, 0.3) is 5.91 Å². The summed E-state index contributed by atoms with van der Waals surface area (Å²) in [6.07, 6.45) is 3.10. The first-order valence-corrected chi connectivity index (χ1v) is 6.88. The lowest BCUT2D eigenvalue weighted by molar-refractivity contribution is 0.0995. The highest BCUT2D eigenvalue weighted by atomic mass is 16.5. The van der Waals surface area contributed by atoms with Gasteiger partial charge in [0.2, 0.25) is 5.89 Å². The van der Waals surface area contributed by atoms with Gasteiger partial charge in [-0.1, -0.05) is 19.0 Å². The second-order valence-electron chi connectivity index (χ2n) is 5.03. The van der Waals surface area contributed by atoms with Gasteiger partial charge in [-0.05, 0) is 18.6 Å². The van der Waals surface area contributed by atoms with Crippen molar-refractivity contribution in [3.8, 4) is 0 Å². The second-order valence-corrected chi connectivity index (χ2v) is 5.03. The Balaban J connectivity index is 1.79. The number of aromatic nitrogens is 3. The van der Waals surface area contributed by atoms with Crippen LogP contribution in [0.5, 0.6) is 0 Å². The van der Waals surface area contributed by atoms with Crippen molar-refractivity contribution in [2.24, 2.45) is 5.73 Å². The van der Waals surface area contributed by atoms with Gasteiger partial charge < -0.3 is 15.6 Å². The van der Waals surface area contributed by atoms with Crippen LogP contribution < -0.4 is 11.1 Å². The minimum atomic E-state index is -0.536. The van der Waals surface area contributed by atoms with E-state index in [2.05, 4.69) is 20.4 Å². The van der Waals surface area contributed by atoms with E-state index in [-0.39, 0.29) is 11.6 Å². The number of aryl methyl sites for hydroxylation is 1. The lowest BCUT2D eigenvalue weighted by atomic mass is 10.2. The zero-order valence-electron chi connectivity index (χ0n) is 12.2. The fraction of sp³-hybridized carbons (Fsp3) is 0.429. The number of carbonyl (C=O) groups is 1. The van der Waals surface area contributed by atoms with Crippen molar-refractivity contribution in [3.05, 3.63) is 35.7 Å². The van der Waals surface area contributed by atoms with Crippen LogP contribution in [-0.4, -0.2) is 27.6 Å². The number of amides is 1. The van der Waals surface area contributed by atoms with Gasteiger partial charge in [0.15, 0.2) is 5.82 Å². The molecule has 7 heteroatoms. The molecule has 2 aromatic heterocycles. The standard InChI is InChI=1S/C14H19N5O2/c1-9(2)14-18-12(21-19-14)4-3-6-16-10-5-7-17-11(8-10)13(15)20/h5,7-9H,3-4,6H2,1-2H3,(H2,15,20)(H,16,17). The fourth-order valence-corrected chi connectivity index (χ4v) is 1.75. The third kappa shape index (κ3) is 4.27. The number of nitrogens with two attached hydrogens (primary N) is 1. The Hall–Kier alpha value is -2.44. The van der Waals surface area contributed by atoms with Crippen molar-refractivity contribution in [1.82, 2.24) is 15.1 Å². The number of nitrogens with one attached hydrogen (secondary N) is 1. The molecule has 0 atom stereocenters. The van der Waals surface area contributed by atoms with Crippen molar-refractivity contribution in [1.29, 1.82) is 0 Å². The fourth-order valence-electron chi connectivity index (χ4n) is 1.75. The number of hydrogen-bond donors (Lipinski definition) is 2. The molecule has 0 bridgehead atoms. The van der Waals surface area contributed by atoms with Gasteiger partial charge in [0, 0.05) is 30.8 Å². The number of hydrogen-bond acceptors (Lipinski definition) is 6. The summed E-state index contributed by atoms with van der Waals surface area (Å²) < 4.78 is 5.17. The number of primary amides is 1. The molecule has 112 valence electrons. The summed E-state index contributed by atoms with van der Waals surface area (Å²) in [6, 6.07) is 3.42. The van der Waals surface area contributed by atoms with Crippen molar-refractivity contribution in [2.45, 2.75) is 32.6 Å². The van der Waals surface area contributed by atoms with E-state index in [1.165, 1.54) is 0 Å². The Labute approximate surface area is 122 Å². The van der Waals surface area contributed by atoms with Crippen LogP contribution in [0.25, 0.3) is 0 Å². The van der Waals surface area contributed by atoms with E-state index in [0.717, 1.165) is 24.5 Å². The van der Waals surface area contributed by atoms with E-state index >= 15 is 0 Å². The number of anilines is 1. The van der Waals surface area contributed by atoms with Crippen LogP contribution in [-0.2, 0) is 6.42 Å². The van der Waals surface area contributed by atoms with Gasteiger partial charge in [-0.15, -0.1) is 0 Å². The smallest absolute Gasteiger partial charge is 0.267 e. The predicted molar refractivity (Wildman–Crippen MR) is 78.0 cm³/mol. The molecule has 3 N–H and O–H groups in total. The molecule has 0 saturated carbocycles. The average Bonchev–Trinajstić information content (AvgIpc) is 2.93. The van der Waals surface area contributed by atoms with E-state index in [4.69, 9.17) is 10.3 Å². The molecule has 0 radical (unpaired) electrons. The van der Waals surface area contributed by atoms with Crippen molar-refractivity contribution >= 4 is 11.6 Å². The Kier molecular flexibility index (Phi) is 4.86. The van der Waals surface area contributed by atoms with Gasteiger partial charge >= 0.3 is 0 Å². The largest absolute Gasteiger partial charge is 0.385 e. The quantitative estimate of drug-likeness (QED) is 0.752. The van der Waals surface area contributed by atoms with Gasteiger partial charge in [0.1, 0.15) is 5.69 Å². The maximum absolute atomic E-state index is 11.0. The normalized spacial score (nSPS) is 10.8. The summed E-state index contributed by atoms with van der Waals surface area (Å²) in [4.78, 5) is 19.2. The van der Waals surface area contributed by atoms with E-state index in [9.17, 15) is 4.79 Å². The monoisotopic (exact) mass is 289 g/mol. The van der Waals surface area contributed by atoms with Gasteiger partial charge in [0.05, 0.1) is 0 Å². The van der Waals surface area contributed by atoms with Crippen molar-refractivity contribution in [2.75, 3.05) is 11.9 Å². The maximum atomic E-state index is 11.0. The average molecular weight is 289 g/mol. The van der Waals surface area contributed by atoms with Gasteiger partial charge in [-0.3, -0.25) is 9.78 Å².